The fourth-order valence-corrected chi connectivity index (χ4v) is 1.61. The van der Waals surface area contributed by atoms with Crippen LogP contribution in [0.15, 0.2) is 23.0 Å². The van der Waals surface area contributed by atoms with Crippen molar-refractivity contribution in [3.8, 4) is 5.75 Å². The van der Waals surface area contributed by atoms with Crippen LogP contribution in [0.25, 0.3) is 11.0 Å². The van der Waals surface area contributed by atoms with Crippen molar-refractivity contribution in [1.29, 1.82) is 0 Å². The SMILES string of the molecule is COc1ccc2nc(Cl)c(=O)n(C)c2c1. The molecule has 2 aromatic rings. The molecule has 0 amide bonds. The molecule has 0 saturated heterocycles. The number of halogens is 1. The topological polar surface area (TPSA) is 44.1 Å². The molecule has 0 radical (unpaired) electrons. The van der Waals surface area contributed by atoms with Gasteiger partial charge in [-0.15, -0.1) is 0 Å². The van der Waals surface area contributed by atoms with Crippen molar-refractivity contribution < 1.29 is 4.74 Å². The predicted molar refractivity (Wildman–Crippen MR) is 58.5 cm³/mol. The maximum absolute atomic E-state index is 11.5. The van der Waals surface area contributed by atoms with Crippen molar-refractivity contribution >= 4 is 22.6 Å². The van der Waals surface area contributed by atoms with Crippen LogP contribution >= 0.6 is 11.6 Å². The Bertz CT molecular complexity index is 577. The van der Waals surface area contributed by atoms with E-state index in [0.29, 0.717) is 16.8 Å². The van der Waals surface area contributed by atoms with Crippen LogP contribution in [0, 0.1) is 0 Å². The van der Waals surface area contributed by atoms with Gasteiger partial charge in [-0.2, -0.15) is 0 Å². The van der Waals surface area contributed by atoms with Crippen LogP contribution in [-0.4, -0.2) is 16.7 Å². The molecule has 78 valence electrons. The van der Waals surface area contributed by atoms with Crippen molar-refractivity contribution in [3.05, 3.63) is 33.7 Å². The highest BCUT2D eigenvalue weighted by Gasteiger charge is 2.06. The zero-order valence-electron chi connectivity index (χ0n) is 8.32. The first-order valence-electron chi connectivity index (χ1n) is 4.34. The molecule has 2 rings (SSSR count). The van der Waals surface area contributed by atoms with E-state index in [1.165, 1.54) is 4.57 Å². The molecule has 0 bridgehead atoms. The van der Waals surface area contributed by atoms with E-state index < -0.39 is 0 Å². The second-order valence-electron chi connectivity index (χ2n) is 3.12. The summed E-state index contributed by atoms with van der Waals surface area (Å²) in [5, 5.41) is -0.0184. The van der Waals surface area contributed by atoms with Gasteiger partial charge in [0.05, 0.1) is 18.1 Å². The zero-order chi connectivity index (χ0) is 11.0. The van der Waals surface area contributed by atoms with Gasteiger partial charge in [-0.3, -0.25) is 4.79 Å². The smallest absolute Gasteiger partial charge is 0.288 e. The second kappa shape index (κ2) is 3.55. The minimum absolute atomic E-state index is 0.0184. The maximum Gasteiger partial charge on any atom is 0.288 e. The molecular formula is C10H9ClN2O2. The quantitative estimate of drug-likeness (QED) is 0.739. The maximum atomic E-state index is 11.5. The molecule has 0 saturated carbocycles. The van der Waals surface area contributed by atoms with Gasteiger partial charge in [0.2, 0.25) is 0 Å². The number of methoxy groups -OCH3 is 1. The lowest BCUT2D eigenvalue weighted by Crippen LogP contribution is -2.18. The third-order valence-electron chi connectivity index (χ3n) is 2.24. The fraction of sp³-hybridized carbons (Fsp3) is 0.200. The van der Waals surface area contributed by atoms with Crippen LogP contribution in [0.5, 0.6) is 5.75 Å². The average molecular weight is 225 g/mol. The molecule has 1 heterocycles. The first-order valence-corrected chi connectivity index (χ1v) is 4.71. The van der Waals surface area contributed by atoms with E-state index in [1.54, 1.807) is 32.4 Å². The minimum atomic E-state index is -0.308. The molecule has 5 heteroatoms. The van der Waals surface area contributed by atoms with Crippen LogP contribution in [0.4, 0.5) is 0 Å². The van der Waals surface area contributed by atoms with E-state index >= 15 is 0 Å². The molecule has 0 N–H and O–H groups in total. The van der Waals surface area contributed by atoms with Gasteiger partial charge in [0.1, 0.15) is 5.75 Å². The third-order valence-corrected chi connectivity index (χ3v) is 2.49. The highest BCUT2D eigenvalue weighted by molar-refractivity contribution is 6.29. The molecule has 0 spiro atoms. The number of aryl methyl sites for hydroxylation is 1. The molecular weight excluding hydrogens is 216 g/mol. The Morgan fingerprint density at radius 2 is 2.20 bits per heavy atom. The number of nitrogens with zero attached hydrogens (tertiary/aromatic N) is 2. The first-order chi connectivity index (χ1) is 7.13. The Balaban J connectivity index is 2.88. The molecule has 4 nitrogen and oxygen atoms in total. The summed E-state index contributed by atoms with van der Waals surface area (Å²) in [5.74, 6) is 0.682. The van der Waals surface area contributed by atoms with Gasteiger partial charge < -0.3 is 9.30 Å². The number of benzene rings is 1. The van der Waals surface area contributed by atoms with Gasteiger partial charge in [0.25, 0.3) is 5.56 Å². The molecule has 15 heavy (non-hydrogen) atoms. The van der Waals surface area contributed by atoms with Crippen molar-refractivity contribution in [2.75, 3.05) is 7.11 Å². The highest BCUT2D eigenvalue weighted by Crippen LogP contribution is 2.18. The van der Waals surface area contributed by atoms with E-state index in [9.17, 15) is 4.79 Å². The highest BCUT2D eigenvalue weighted by atomic mass is 35.5. The van der Waals surface area contributed by atoms with Crippen molar-refractivity contribution in [2.24, 2.45) is 7.05 Å². The lowest BCUT2D eigenvalue weighted by Gasteiger charge is -2.06. The molecule has 0 aliphatic heterocycles. The summed E-state index contributed by atoms with van der Waals surface area (Å²) in [7, 11) is 3.22. The van der Waals surface area contributed by atoms with Crippen LogP contribution < -0.4 is 10.3 Å². The number of fused-ring (bicyclic) bond motifs is 1. The number of rotatable bonds is 1. The molecule has 1 aromatic heterocycles. The second-order valence-corrected chi connectivity index (χ2v) is 3.48. The third kappa shape index (κ3) is 1.57. The van der Waals surface area contributed by atoms with Gasteiger partial charge in [0.15, 0.2) is 5.15 Å². The summed E-state index contributed by atoms with van der Waals surface area (Å²) < 4.78 is 6.52. The summed E-state index contributed by atoms with van der Waals surface area (Å²) in [5.41, 5.74) is 1.06. The summed E-state index contributed by atoms with van der Waals surface area (Å²) in [6, 6.07) is 5.29. The molecule has 0 fully saturated rings. The van der Waals surface area contributed by atoms with E-state index in [-0.39, 0.29) is 10.7 Å². The molecule has 0 aliphatic rings. The average Bonchev–Trinajstić information content (AvgIpc) is 2.26. The lowest BCUT2D eigenvalue weighted by atomic mass is 10.3. The van der Waals surface area contributed by atoms with Crippen molar-refractivity contribution in [3.63, 3.8) is 0 Å². The summed E-state index contributed by atoms with van der Waals surface area (Å²) >= 11 is 5.69. The fourth-order valence-electron chi connectivity index (χ4n) is 1.39. The van der Waals surface area contributed by atoms with Crippen LogP contribution in [0.1, 0.15) is 0 Å². The summed E-state index contributed by atoms with van der Waals surface area (Å²) in [6.45, 7) is 0. The Morgan fingerprint density at radius 3 is 2.87 bits per heavy atom. The van der Waals surface area contributed by atoms with E-state index in [1.807, 2.05) is 0 Å². The van der Waals surface area contributed by atoms with Crippen molar-refractivity contribution in [2.45, 2.75) is 0 Å². The molecule has 0 atom stereocenters. The van der Waals surface area contributed by atoms with Gasteiger partial charge >= 0.3 is 0 Å². The Morgan fingerprint density at radius 1 is 1.47 bits per heavy atom. The van der Waals surface area contributed by atoms with Crippen LogP contribution in [-0.2, 0) is 7.05 Å². The van der Waals surface area contributed by atoms with Gasteiger partial charge in [0, 0.05) is 13.1 Å². The zero-order valence-corrected chi connectivity index (χ0v) is 9.08. The monoisotopic (exact) mass is 224 g/mol. The minimum Gasteiger partial charge on any atom is -0.497 e. The van der Waals surface area contributed by atoms with Gasteiger partial charge in [-0.05, 0) is 12.1 Å². The number of hydrogen-bond acceptors (Lipinski definition) is 3. The van der Waals surface area contributed by atoms with Crippen LogP contribution in [0.3, 0.4) is 0 Å². The first kappa shape index (κ1) is 9.98. The Hall–Kier alpha value is -1.55. The largest absolute Gasteiger partial charge is 0.497 e. The summed E-state index contributed by atoms with van der Waals surface area (Å²) in [6.07, 6.45) is 0. The lowest BCUT2D eigenvalue weighted by molar-refractivity contribution is 0.415. The van der Waals surface area contributed by atoms with Crippen LogP contribution in [0.2, 0.25) is 5.15 Å². The van der Waals surface area contributed by atoms with Gasteiger partial charge in [-0.1, -0.05) is 11.6 Å². The van der Waals surface area contributed by atoms with Gasteiger partial charge in [-0.25, -0.2) is 4.98 Å². The number of aromatic nitrogens is 2. The normalized spacial score (nSPS) is 10.6. The van der Waals surface area contributed by atoms with E-state index in [2.05, 4.69) is 4.98 Å². The molecule has 0 aliphatic carbocycles. The Labute approximate surface area is 91.1 Å². The van der Waals surface area contributed by atoms with E-state index in [4.69, 9.17) is 16.3 Å². The predicted octanol–water partition coefficient (Wildman–Crippen LogP) is 1.60. The number of ether oxygens (including phenoxy) is 1. The van der Waals surface area contributed by atoms with E-state index in [0.717, 1.165) is 0 Å². The number of hydrogen-bond donors (Lipinski definition) is 0. The standard InChI is InChI=1S/C10H9ClN2O2/c1-13-8-5-6(15-2)3-4-7(8)12-9(11)10(13)14/h3-5H,1-2H3. The summed E-state index contributed by atoms with van der Waals surface area (Å²) in [4.78, 5) is 15.5. The Kier molecular flexibility index (Phi) is 2.36. The molecule has 0 unspecified atom stereocenters. The molecule has 1 aromatic carbocycles. The van der Waals surface area contributed by atoms with Crippen molar-refractivity contribution in [1.82, 2.24) is 9.55 Å².